The molecule has 1 amide bonds. The highest BCUT2D eigenvalue weighted by Crippen LogP contribution is 2.23. The van der Waals surface area contributed by atoms with Gasteiger partial charge in [-0.05, 0) is 49.2 Å². The largest absolute Gasteiger partial charge is 0.456 e. The highest BCUT2D eigenvalue weighted by molar-refractivity contribution is 8.00. The molecule has 5 nitrogen and oxygen atoms in total. The first-order valence-corrected chi connectivity index (χ1v) is 10.0. The van der Waals surface area contributed by atoms with Crippen LogP contribution in [-0.2, 0) is 14.3 Å². The van der Waals surface area contributed by atoms with Gasteiger partial charge in [-0.25, -0.2) is 0 Å². The molecule has 0 unspecified atom stereocenters. The minimum atomic E-state index is -0.431. The quantitative estimate of drug-likeness (QED) is 0.380. The van der Waals surface area contributed by atoms with E-state index in [1.54, 1.807) is 31.2 Å². The van der Waals surface area contributed by atoms with Gasteiger partial charge in [0, 0.05) is 22.6 Å². The third kappa shape index (κ3) is 7.19. The monoisotopic (exact) mass is 399 g/mol. The van der Waals surface area contributed by atoms with Crippen LogP contribution in [0.5, 0.6) is 0 Å². The van der Waals surface area contributed by atoms with E-state index in [1.807, 2.05) is 44.2 Å². The molecule has 2 aromatic carbocycles. The lowest BCUT2D eigenvalue weighted by molar-refractivity contribution is -0.141. The molecule has 0 radical (unpaired) electrons. The van der Waals surface area contributed by atoms with Gasteiger partial charge < -0.3 is 10.1 Å². The molecule has 6 heteroatoms. The number of hydrogen-bond acceptors (Lipinski definition) is 5. The lowest BCUT2D eigenvalue weighted by Crippen LogP contribution is -2.21. The summed E-state index contributed by atoms with van der Waals surface area (Å²) >= 11 is 1.38. The molecule has 0 aromatic heterocycles. The van der Waals surface area contributed by atoms with Crippen molar-refractivity contribution in [3.8, 4) is 0 Å². The van der Waals surface area contributed by atoms with E-state index in [4.69, 9.17) is 4.74 Å². The van der Waals surface area contributed by atoms with Gasteiger partial charge in [-0.1, -0.05) is 32.0 Å². The van der Waals surface area contributed by atoms with E-state index in [-0.39, 0.29) is 24.2 Å². The maximum Gasteiger partial charge on any atom is 0.319 e. The fourth-order valence-electron chi connectivity index (χ4n) is 2.41. The van der Waals surface area contributed by atoms with Gasteiger partial charge in [-0.15, -0.1) is 11.8 Å². The van der Waals surface area contributed by atoms with Gasteiger partial charge in [0.25, 0.3) is 0 Å². The van der Waals surface area contributed by atoms with Gasteiger partial charge in [0.05, 0.1) is 0 Å². The number of Topliss-reactive ketones (excluding diaryl/α,β-unsaturated/α-hetero) is 1. The number of ketones is 1. The number of benzene rings is 2. The van der Waals surface area contributed by atoms with Crippen LogP contribution in [0, 0.1) is 5.92 Å². The molecule has 1 atom stereocenters. The van der Waals surface area contributed by atoms with Crippen molar-refractivity contribution in [1.82, 2.24) is 0 Å². The van der Waals surface area contributed by atoms with Crippen molar-refractivity contribution in [2.75, 3.05) is 11.9 Å². The predicted octanol–water partition coefficient (Wildman–Crippen LogP) is 4.58. The first-order valence-electron chi connectivity index (χ1n) is 9.16. The number of carbonyl (C=O) groups is 3. The van der Waals surface area contributed by atoms with Crippen LogP contribution in [0.15, 0.2) is 59.5 Å². The standard InChI is InChI=1S/C22H25NO4S/c1-15(2)13-21(25)23-18-11-9-17(10-12-18)20(24)14-27-22(26)16(3)28-19-7-5-4-6-8-19/h4-12,15-16H,13-14H2,1-3H3,(H,23,25)/t16-/m0/s1. The number of carbonyl (C=O) groups excluding carboxylic acids is 3. The highest BCUT2D eigenvalue weighted by atomic mass is 32.2. The Hall–Kier alpha value is -2.60. The van der Waals surface area contributed by atoms with Crippen LogP contribution in [0.2, 0.25) is 0 Å². The number of anilines is 1. The van der Waals surface area contributed by atoms with Gasteiger partial charge in [-0.3, -0.25) is 14.4 Å². The maximum absolute atomic E-state index is 12.2. The van der Waals surface area contributed by atoms with Crippen molar-refractivity contribution in [3.63, 3.8) is 0 Å². The molecule has 0 aliphatic heterocycles. The van der Waals surface area contributed by atoms with E-state index >= 15 is 0 Å². The summed E-state index contributed by atoms with van der Waals surface area (Å²) in [7, 11) is 0. The van der Waals surface area contributed by atoms with E-state index in [1.165, 1.54) is 11.8 Å². The van der Waals surface area contributed by atoms with Crippen LogP contribution in [0.4, 0.5) is 5.69 Å². The smallest absolute Gasteiger partial charge is 0.319 e. The van der Waals surface area contributed by atoms with Crippen molar-refractivity contribution in [2.24, 2.45) is 5.92 Å². The predicted molar refractivity (Wildman–Crippen MR) is 112 cm³/mol. The molecule has 28 heavy (non-hydrogen) atoms. The number of amides is 1. The summed E-state index contributed by atoms with van der Waals surface area (Å²) in [6, 6.07) is 16.1. The van der Waals surface area contributed by atoms with E-state index in [2.05, 4.69) is 5.32 Å². The summed E-state index contributed by atoms with van der Waals surface area (Å²) in [6.07, 6.45) is 0.440. The summed E-state index contributed by atoms with van der Waals surface area (Å²) in [5.74, 6) is -0.504. The first-order chi connectivity index (χ1) is 13.3. The zero-order valence-corrected chi connectivity index (χ0v) is 17.1. The molecule has 0 spiro atoms. The molecular formula is C22H25NO4S. The molecule has 0 saturated heterocycles. The second kappa shape index (κ2) is 10.7. The van der Waals surface area contributed by atoms with Crippen LogP contribution in [0.1, 0.15) is 37.6 Å². The second-order valence-corrected chi connectivity index (χ2v) is 8.24. The Kier molecular flexibility index (Phi) is 8.26. The fraction of sp³-hybridized carbons (Fsp3) is 0.318. The molecule has 148 valence electrons. The average Bonchev–Trinajstić information content (AvgIpc) is 2.66. The summed E-state index contributed by atoms with van der Waals surface area (Å²) in [4.78, 5) is 37.1. The van der Waals surface area contributed by atoms with E-state index in [9.17, 15) is 14.4 Å². The van der Waals surface area contributed by atoms with Crippen LogP contribution in [0.25, 0.3) is 0 Å². The fourth-order valence-corrected chi connectivity index (χ4v) is 3.30. The minimum absolute atomic E-state index is 0.0621. The Morgan fingerprint density at radius 1 is 0.964 bits per heavy atom. The average molecular weight is 400 g/mol. The van der Waals surface area contributed by atoms with Gasteiger partial charge in [-0.2, -0.15) is 0 Å². The van der Waals surface area contributed by atoms with Crippen molar-refractivity contribution < 1.29 is 19.1 Å². The third-order valence-corrected chi connectivity index (χ3v) is 4.91. The molecule has 0 aliphatic rings. The van der Waals surface area contributed by atoms with Crippen molar-refractivity contribution >= 4 is 35.1 Å². The zero-order chi connectivity index (χ0) is 20.5. The van der Waals surface area contributed by atoms with Crippen LogP contribution < -0.4 is 5.32 Å². The minimum Gasteiger partial charge on any atom is -0.456 e. The molecule has 0 saturated carbocycles. The van der Waals surface area contributed by atoms with Crippen molar-refractivity contribution in [3.05, 3.63) is 60.2 Å². The Morgan fingerprint density at radius 3 is 2.21 bits per heavy atom. The van der Waals surface area contributed by atoms with Gasteiger partial charge >= 0.3 is 5.97 Å². The Morgan fingerprint density at radius 2 is 1.61 bits per heavy atom. The molecule has 0 bridgehead atoms. The van der Waals surface area contributed by atoms with Crippen LogP contribution in [0.3, 0.4) is 0 Å². The Balaban J connectivity index is 1.82. The number of rotatable bonds is 9. The van der Waals surface area contributed by atoms with E-state index in [0.717, 1.165) is 4.90 Å². The van der Waals surface area contributed by atoms with Crippen LogP contribution >= 0.6 is 11.8 Å². The maximum atomic E-state index is 12.2. The summed E-state index contributed by atoms with van der Waals surface area (Å²) < 4.78 is 5.15. The van der Waals surface area contributed by atoms with E-state index in [0.29, 0.717) is 17.7 Å². The normalized spacial score (nSPS) is 11.7. The lowest BCUT2D eigenvalue weighted by atomic mass is 10.1. The van der Waals surface area contributed by atoms with Gasteiger partial charge in [0.15, 0.2) is 12.4 Å². The van der Waals surface area contributed by atoms with Crippen LogP contribution in [-0.4, -0.2) is 29.5 Å². The molecule has 0 fully saturated rings. The Labute approximate surface area is 169 Å². The number of hydrogen-bond donors (Lipinski definition) is 1. The van der Waals surface area contributed by atoms with Gasteiger partial charge in [0.2, 0.25) is 5.91 Å². The third-order valence-electron chi connectivity index (χ3n) is 3.82. The summed E-state index contributed by atoms with van der Waals surface area (Å²) in [6.45, 7) is 5.39. The zero-order valence-electron chi connectivity index (χ0n) is 16.3. The van der Waals surface area contributed by atoms with E-state index < -0.39 is 11.2 Å². The highest BCUT2D eigenvalue weighted by Gasteiger charge is 2.18. The molecule has 2 aromatic rings. The molecular weight excluding hydrogens is 374 g/mol. The summed E-state index contributed by atoms with van der Waals surface area (Å²) in [5.41, 5.74) is 1.06. The van der Waals surface area contributed by atoms with Crippen molar-refractivity contribution in [2.45, 2.75) is 37.3 Å². The topological polar surface area (TPSA) is 72.5 Å². The second-order valence-electron chi connectivity index (χ2n) is 6.83. The molecule has 0 heterocycles. The lowest BCUT2D eigenvalue weighted by Gasteiger charge is -2.11. The number of thioether (sulfide) groups is 1. The molecule has 0 aliphatic carbocycles. The van der Waals surface area contributed by atoms with Gasteiger partial charge in [0.1, 0.15) is 5.25 Å². The number of esters is 1. The molecule has 2 rings (SSSR count). The number of ether oxygens (including phenoxy) is 1. The SMILES string of the molecule is CC(C)CC(=O)Nc1ccc(C(=O)COC(=O)[C@H](C)Sc2ccccc2)cc1. The number of nitrogens with one attached hydrogen (secondary N) is 1. The first kappa shape index (κ1) is 21.7. The summed E-state index contributed by atoms with van der Waals surface area (Å²) in [5, 5.41) is 2.38. The Bertz CT molecular complexity index is 803. The molecule has 1 N–H and O–H groups in total. The van der Waals surface area contributed by atoms with Crippen molar-refractivity contribution in [1.29, 1.82) is 0 Å².